The van der Waals surface area contributed by atoms with Gasteiger partial charge in [0, 0.05) is 11.9 Å². The predicted octanol–water partition coefficient (Wildman–Crippen LogP) is 2.36. The van der Waals surface area contributed by atoms with Gasteiger partial charge in [-0.05, 0) is 31.2 Å². The van der Waals surface area contributed by atoms with Gasteiger partial charge in [0.2, 0.25) is 0 Å². The zero-order valence-electron chi connectivity index (χ0n) is 11.4. The molecule has 1 aromatic heterocycles. The molecule has 0 saturated carbocycles. The number of nitrogens with one attached hydrogen (secondary N) is 2. The van der Waals surface area contributed by atoms with Gasteiger partial charge in [-0.1, -0.05) is 19.1 Å². The molecule has 2 rings (SSSR count). The topological polar surface area (TPSA) is 71.1 Å². The van der Waals surface area contributed by atoms with E-state index in [0.29, 0.717) is 5.13 Å². The molecule has 2 aromatic rings. The van der Waals surface area contributed by atoms with Crippen LogP contribution in [-0.2, 0) is 16.6 Å². The fourth-order valence-corrected chi connectivity index (χ4v) is 3.57. The molecular formula is C13H17N3O2S2. The van der Waals surface area contributed by atoms with E-state index in [9.17, 15) is 8.42 Å². The Morgan fingerprint density at radius 1 is 1.25 bits per heavy atom. The number of hydrogen-bond acceptors (Lipinski definition) is 5. The maximum Gasteiger partial charge on any atom is 0.263 e. The number of thiazole rings is 1. The van der Waals surface area contributed by atoms with E-state index in [0.717, 1.165) is 24.3 Å². The van der Waals surface area contributed by atoms with Crippen LogP contribution in [0.15, 0.2) is 34.5 Å². The van der Waals surface area contributed by atoms with Crippen molar-refractivity contribution in [1.82, 2.24) is 10.3 Å². The molecule has 0 aliphatic heterocycles. The van der Waals surface area contributed by atoms with Crippen molar-refractivity contribution in [3.63, 3.8) is 0 Å². The van der Waals surface area contributed by atoms with Crippen LogP contribution in [0.1, 0.15) is 18.2 Å². The van der Waals surface area contributed by atoms with Crippen LogP contribution in [-0.4, -0.2) is 19.9 Å². The molecule has 0 saturated heterocycles. The van der Waals surface area contributed by atoms with Crippen LogP contribution in [0.4, 0.5) is 5.13 Å². The number of hydrogen-bond donors (Lipinski definition) is 2. The highest BCUT2D eigenvalue weighted by molar-refractivity contribution is 7.93. The first kappa shape index (κ1) is 15.0. The van der Waals surface area contributed by atoms with Crippen LogP contribution < -0.4 is 10.0 Å². The zero-order chi connectivity index (χ0) is 14.6. The Morgan fingerprint density at radius 3 is 2.50 bits per heavy atom. The lowest BCUT2D eigenvalue weighted by Crippen LogP contribution is -2.14. The van der Waals surface area contributed by atoms with Gasteiger partial charge < -0.3 is 5.32 Å². The van der Waals surface area contributed by atoms with Crippen molar-refractivity contribution in [3.05, 3.63) is 40.9 Å². The molecule has 0 radical (unpaired) electrons. The normalized spacial score (nSPS) is 11.5. The smallest absolute Gasteiger partial charge is 0.263 e. The second-order valence-electron chi connectivity index (χ2n) is 4.32. The van der Waals surface area contributed by atoms with Crippen molar-refractivity contribution in [1.29, 1.82) is 0 Å². The summed E-state index contributed by atoms with van der Waals surface area (Å²) >= 11 is 1.27. The quantitative estimate of drug-likeness (QED) is 0.859. The number of rotatable bonds is 6. The molecule has 0 unspecified atom stereocenters. The van der Waals surface area contributed by atoms with E-state index in [-0.39, 0.29) is 4.90 Å². The Kier molecular flexibility index (Phi) is 4.74. The number of aromatic nitrogens is 1. The molecule has 0 aliphatic rings. The van der Waals surface area contributed by atoms with Crippen LogP contribution >= 0.6 is 11.3 Å². The van der Waals surface area contributed by atoms with E-state index < -0.39 is 10.0 Å². The molecule has 20 heavy (non-hydrogen) atoms. The lowest BCUT2D eigenvalue weighted by Gasteiger charge is -2.06. The average molecular weight is 311 g/mol. The van der Waals surface area contributed by atoms with Crippen molar-refractivity contribution in [2.75, 3.05) is 11.3 Å². The molecule has 7 heteroatoms. The summed E-state index contributed by atoms with van der Waals surface area (Å²) in [6, 6.07) is 6.83. The van der Waals surface area contributed by atoms with E-state index in [1.807, 2.05) is 26.0 Å². The summed E-state index contributed by atoms with van der Waals surface area (Å²) < 4.78 is 26.8. The summed E-state index contributed by atoms with van der Waals surface area (Å²) in [5.41, 5.74) is 1.85. The molecule has 5 nitrogen and oxygen atoms in total. The van der Waals surface area contributed by atoms with Gasteiger partial charge in [0.1, 0.15) is 0 Å². The highest BCUT2D eigenvalue weighted by Crippen LogP contribution is 2.20. The largest absolute Gasteiger partial charge is 0.313 e. The van der Waals surface area contributed by atoms with Gasteiger partial charge in [-0.2, -0.15) is 0 Å². The molecular weight excluding hydrogens is 294 g/mol. The van der Waals surface area contributed by atoms with Gasteiger partial charge in [0.25, 0.3) is 10.0 Å². The molecule has 0 aliphatic carbocycles. The SMILES string of the molecule is CCNCc1ccc(S(=O)(=O)Nc2nc(C)cs2)cc1. The van der Waals surface area contributed by atoms with E-state index in [1.165, 1.54) is 11.3 Å². The molecule has 0 atom stereocenters. The molecule has 0 fully saturated rings. The minimum atomic E-state index is -3.56. The molecule has 1 heterocycles. The predicted molar refractivity (Wildman–Crippen MR) is 81.5 cm³/mol. The average Bonchev–Trinajstić information content (AvgIpc) is 2.81. The van der Waals surface area contributed by atoms with Gasteiger partial charge in [-0.3, -0.25) is 4.72 Å². The first-order valence-corrected chi connectivity index (χ1v) is 8.62. The minimum absolute atomic E-state index is 0.241. The molecule has 108 valence electrons. The van der Waals surface area contributed by atoms with Crippen LogP contribution in [0.25, 0.3) is 0 Å². The second kappa shape index (κ2) is 6.34. The van der Waals surface area contributed by atoms with E-state index in [4.69, 9.17) is 0 Å². The molecule has 2 N–H and O–H groups in total. The molecule has 0 spiro atoms. The lowest BCUT2D eigenvalue weighted by atomic mass is 10.2. The van der Waals surface area contributed by atoms with Gasteiger partial charge in [-0.15, -0.1) is 11.3 Å². The molecule has 0 bridgehead atoms. The van der Waals surface area contributed by atoms with Crippen LogP contribution in [0.2, 0.25) is 0 Å². The first-order chi connectivity index (χ1) is 9.51. The number of anilines is 1. The third kappa shape index (κ3) is 3.78. The highest BCUT2D eigenvalue weighted by Gasteiger charge is 2.15. The van der Waals surface area contributed by atoms with Gasteiger partial charge in [0.05, 0.1) is 10.6 Å². The number of sulfonamides is 1. The Bertz CT molecular complexity index is 663. The lowest BCUT2D eigenvalue weighted by molar-refractivity contribution is 0.601. The Balaban J connectivity index is 2.13. The van der Waals surface area contributed by atoms with Crippen LogP contribution in [0.3, 0.4) is 0 Å². The Labute approximate surface area is 123 Å². The molecule has 0 amide bonds. The maximum atomic E-state index is 12.2. The van der Waals surface area contributed by atoms with Gasteiger partial charge in [0.15, 0.2) is 5.13 Å². The maximum absolute atomic E-state index is 12.2. The summed E-state index contributed by atoms with van der Waals surface area (Å²) in [5, 5.41) is 5.38. The Hall–Kier alpha value is -1.44. The third-order valence-corrected chi connectivity index (χ3v) is 5.01. The standard InChI is InChI=1S/C13H17N3O2S2/c1-3-14-8-11-4-6-12(7-5-11)20(17,18)16-13-15-10(2)9-19-13/h4-7,9,14H,3,8H2,1-2H3,(H,15,16). The number of aryl methyl sites for hydroxylation is 1. The molecule has 1 aromatic carbocycles. The monoisotopic (exact) mass is 311 g/mol. The van der Waals surface area contributed by atoms with E-state index in [2.05, 4.69) is 15.0 Å². The summed E-state index contributed by atoms with van der Waals surface area (Å²) in [4.78, 5) is 4.34. The van der Waals surface area contributed by atoms with Gasteiger partial charge >= 0.3 is 0 Å². The first-order valence-electron chi connectivity index (χ1n) is 6.26. The van der Waals surface area contributed by atoms with Crippen molar-refractivity contribution < 1.29 is 8.42 Å². The Morgan fingerprint density at radius 2 is 1.95 bits per heavy atom. The number of benzene rings is 1. The summed E-state index contributed by atoms with van der Waals surface area (Å²) in [6.07, 6.45) is 0. The minimum Gasteiger partial charge on any atom is -0.313 e. The van der Waals surface area contributed by atoms with Crippen molar-refractivity contribution in [2.24, 2.45) is 0 Å². The fraction of sp³-hybridized carbons (Fsp3) is 0.308. The van der Waals surface area contributed by atoms with Crippen molar-refractivity contribution in [3.8, 4) is 0 Å². The fourth-order valence-electron chi connectivity index (χ4n) is 1.63. The van der Waals surface area contributed by atoms with Crippen LogP contribution in [0, 0.1) is 6.92 Å². The van der Waals surface area contributed by atoms with E-state index in [1.54, 1.807) is 17.5 Å². The zero-order valence-corrected chi connectivity index (χ0v) is 13.0. The van der Waals surface area contributed by atoms with Gasteiger partial charge in [-0.25, -0.2) is 13.4 Å². The summed E-state index contributed by atoms with van der Waals surface area (Å²) in [5.74, 6) is 0. The third-order valence-electron chi connectivity index (χ3n) is 2.65. The van der Waals surface area contributed by atoms with Crippen LogP contribution in [0.5, 0.6) is 0 Å². The summed E-state index contributed by atoms with van der Waals surface area (Å²) in [6.45, 7) is 5.46. The second-order valence-corrected chi connectivity index (χ2v) is 6.86. The van der Waals surface area contributed by atoms with E-state index >= 15 is 0 Å². The highest BCUT2D eigenvalue weighted by atomic mass is 32.2. The number of nitrogens with zero attached hydrogens (tertiary/aromatic N) is 1. The summed E-state index contributed by atoms with van der Waals surface area (Å²) in [7, 11) is -3.56. The van der Waals surface area contributed by atoms with Crippen molar-refractivity contribution in [2.45, 2.75) is 25.3 Å². The van der Waals surface area contributed by atoms with Crippen molar-refractivity contribution >= 4 is 26.5 Å².